The molecule has 0 aliphatic heterocycles. The highest BCUT2D eigenvalue weighted by molar-refractivity contribution is 6.29. The van der Waals surface area contributed by atoms with Gasteiger partial charge in [-0.1, -0.05) is 11.6 Å². The van der Waals surface area contributed by atoms with Crippen molar-refractivity contribution in [3.63, 3.8) is 0 Å². The first kappa shape index (κ1) is 24.3. The predicted molar refractivity (Wildman–Crippen MR) is 133 cm³/mol. The Morgan fingerprint density at radius 2 is 1.92 bits per heavy atom. The molecule has 2 bridgehead atoms. The average molecular weight is 510 g/mol. The summed E-state index contributed by atoms with van der Waals surface area (Å²) in [6.07, 6.45) is 4.58. The Kier molecular flexibility index (Phi) is 5.79. The molecule has 3 fully saturated rings. The number of anilines is 1. The number of halogens is 2. The molecule has 1 atom stereocenters. The van der Waals surface area contributed by atoms with Gasteiger partial charge >= 0.3 is 5.97 Å². The zero-order valence-electron chi connectivity index (χ0n) is 20.0. The summed E-state index contributed by atoms with van der Waals surface area (Å²) in [4.78, 5) is 29.0. The van der Waals surface area contributed by atoms with Gasteiger partial charge < -0.3 is 14.8 Å². The molecule has 36 heavy (non-hydrogen) atoms. The molecular weight excluding hydrogens is 485 g/mol. The highest BCUT2D eigenvalue weighted by Crippen LogP contribution is 2.58. The number of nitriles is 1. The summed E-state index contributed by atoms with van der Waals surface area (Å²) in [5.74, 6) is -1.24. The highest BCUT2D eigenvalue weighted by atomic mass is 35.5. The van der Waals surface area contributed by atoms with Crippen molar-refractivity contribution in [3.05, 3.63) is 68.0 Å². The minimum atomic E-state index is -1.26. The van der Waals surface area contributed by atoms with Crippen LogP contribution in [0.2, 0.25) is 5.15 Å². The quantitative estimate of drug-likeness (QED) is 0.389. The number of carbonyl (C=O) groups is 1. The van der Waals surface area contributed by atoms with E-state index in [1.165, 1.54) is 24.3 Å². The number of carboxylic acid groups (broad SMARTS) is 1. The number of hydrogen-bond donors (Lipinski definition) is 2. The Morgan fingerprint density at radius 3 is 2.53 bits per heavy atom. The lowest BCUT2D eigenvalue weighted by Crippen LogP contribution is -2.44. The molecular formula is C27H25ClFN3O4. The van der Waals surface area contributed by atoms with Gasteiger partial charge in [0, 0.05) is 16.5 Å². The van der Waals surface area contributed by atoms with E-state index < -0.39 is 17.8 Å². The van der Waals surface area contributed by atoms with Crippen molar-refractivity contribution in [1.82, 2.24) is 4.98 Å². The van der Waals surface area contributed by atoms with Gasteiger partial charge in [0.05, 0.1) is 28.6 Å². The van der Waals surface area contributed by atoms with E-state index in [1.54, 1.807) is 13.8 Å². The second-order valence-corrected chi connectivity index (χ2v) is 10.5. The van der Waals surface area contributed by atoms with Crippen LogP contribution in [0.25, 0.3) is 11.0 Å². The molecule has 6 rings (SSSR count). The third-order valence-electron chi connectivity index (χ3n) is 8.08. The number of carboxylic acids is 1. The van der Waals surface area contributed by atoms with E-state index in [1.807, 2.05) is 0 Å². The fourth-order valence-electron chi connectivity index (χ4n) is 5.93. The maximum atomic E-state index is 14.7. The van der Waals surface area contributed by atoms with Gasteiger partial charge in [-0.25, -0.2) is 14.2 Å². The van der Waals surface area contributed by atoms with E-state index in [0.29, 0.717) is 16.9 Å². The van der Waals surface area contributed by atoms with Gasteiger partial charge in [-0.05, 0) is 76.6 Å². The fraction of sp³-hybridized carbons (Fsp3) is 0.407. The minimum absolute atomic E-state index is 0.0348. The maximum Gasteiger partial charge on any atom is 0.356 e. The third kappa shape index (κ3) is 3.82. The van der Waals surface area contributed by atoms with Gasteiger partial charge in [0.1, 0.15) is 22.3 Å². The van der Waals surface area contributed by atoms with Crippen LogP contribution >= 0.6 is 11.6 Å². The molecule has 3 saturated carbocycles. The van der Waals surface area contributed by atoms with E-state index >= 15 is 0 Å². The zero-order chi connectivity index (χ0) is 25.8. The molecule has 2 heterocycles. The number of pyridine rings is 1. The van der Waals surface area contributed by atoms with Crippen molar-refractivity contribution in [2.75, 3.05) is 5.32 Å². The van der Waals surface area contributed by atoms with Crippen molar-refractivity contribution >= 4 is 34.2 Å². The van der Waals surface area contributed by atoms with E-state index in [9.17, 15) is 24.3 Å². The van der Waals surface area contributed by atoms with Gasteiger partial charge in [0.25, 0.3) is 0 Å². The van der Waals surface area contributed by atoms with E-state index in [4.69, 9.17) is 16.0 Å². The van der Waals surface area contributed by atoms with Crippen LogP contribution in [0.5, 0.6) is 0 Å². The van der Waals surface area contributed by atoms with Crippen LogP contribution in [0, 0.1) is 29.5 Å². The number of benzene rings is 1. The average Bonchev–Trinajstić information content (AvgIpc) is 2.88. The van der Waals surface area contributed by atoms with Crippen LogP contribution in [0.4, 0.5) is 10.1 Å². The van der Waals surface area contributed by atoms with Crippen molar-refractivity contribution in [3.8, 4) is 6.07 Å². The summed E-state index contributed by atoms with van der Waals surface area (Å²) in [7, 11) is 0. The molecule has 7 nitrogen and oxygen atoms in total. The smallest absolute Gasteiger partial charge is 0.356 e. The molecule has 0 amide bonds. The monoisotopic (exact) mass is 509 g/mol. The number of fused-ring (bicyclic) bond motifs is 4. The van der Waals surface area contributed by atoms with E-state index in [2.05, 4.69) is 16.4 Å². The molecule has 2 aromatic heterocycles. The summed E-state index contributed by atoms with van der Waals surface area (Å²) < 4.78 is 21.2. The predicted octanol–water partition coefficient (Wildman–Crippen LogP) is 6.28. The standard InChI is InChI=1S/C27H25ClFN3O4/c1-14-22(33)18-12-16(29)11-17(15(2)31-19-3-4-20(28)32-21(19)25(34)35)23(18)36-24(14)27-8-5-26(13-30,6-9-27)7-10-27/h3-4,11-12,15,31H,5-10H2,1-2H3,(H,34,35)/t15-,26?,27?/m1/s1. The molecule has 0 saturated heterocycles. The zero-order valence-corrected chi connectivity index (χ0v) is 20.7. The van der Waals surface area contributed by atoms with Crippen molar-refractivity contribution < 1.29 is 18.7 Å². The molecule has 3 aromatic rings. The van der Waals surface area contributed by atoms with Gasteiger partial charge in [0.2, 0.25) is 0 Å². The Labute approximate surface area is 211 Å². The first-order valence-corrected chi connectivity index (χ1v) is 12.3. The highest BCUT2D eigenvalue weighted by Gasteiger charge is 2.51. The SMILES string of the molecule is Cc1c(C23CCC(C#N)(CC2)CC3)oc2c([C@@H](C)Nc3ccc(Cl)nc3C(=O)O)cc(F)cc2c1=O. The Bertz CT molecular complexity index is 1490. The number of aromatic nitrogens is 1. The van der Waals surface area contributed by atoms with Gasteiger partial charge in [-0.2, -0.15) is 5.26 Å². The van der Waals surface area contributed by atoms with Crippen LogP contribution in [0.3, 0.4) is 0 Å². The van der Waals surface area contributed by atoms with Crippen molar-refractivity contribution in [2.24, 2.45) is 5.41 Å². The molecule has 9 heteroatoms. The number of rotatable bonds is 5. The Morgan fingerprint density at radius 1 is 1.25 bits per heavy atom. The molecule has 1 aromatic carbocycles. The molecule has 0 radical (unpaired) electrons. The van der Waals surface area contributed by atoms with Gasteiger partial charge in [-0.3, -0.25) is 4.79 Å². The van der Waals surface area contributed by atoms with Gasteiger partial charge in [-0.15, -0.1) is 0 Å². The van der Waals surface area contributed by atoms with Crippen LogP contribution in [-0.2, 0) is 5.41 Å². The fourth-order valence-corrected chi connectivity index (χ4v) is 6.08. The number of nitrogens with one attached hydrogen (secondary N) is 1. The van der Waals surface area contributed by atoms with E-state index in [-0.39, 0.29) is 43.8 Å². The summed E-state index contributed by atoms with van der Waals surface area (Å²) in [5.41, 5.74) is 0.191. The largest absolute Gasteiger partial charge is 0.476 e. The van der Waals surface area contributed by atoms with Gasteiger partial charge in [0.15, 0.2) is 11.1 Å². The lowest BCUT2D eigenvalue weighted by Gasteiger charge is -2.50. The number of nitrogens with zero attached hydrogens (tertiary/aromatic N) is 2. The first-order valence-electron chi connectivity index (χ1n) is 11.9. The van der Waals surface area contributed by atoms with E-state index in [0.717, 1.165) is 38.5 Å². The van der Waals surface area contributed by atoms with Crippen LogP contribution < -0.4 is 10.7 Å². The number of hydrogen-bond acceptors (Lipinski definition) is 6. The minimum Gasteiger partial charge on any atom is -0.476 e. The molecule has 0 spiro atoms. The Balaban J connectivity index is 1.62. The summed E-state index contributed by atoms with van der Waals surface area (Å²) in [5, 5.41) is 22.4. The Hall–Kier alpha value is -3.44. The molecule has 2 N–H and O–H groups in total. The number of aromatic carboxylic acids is 1. The van der Waals surface area contributed by atoms with Crippen LogP contribution in [0.15, 0.2) is 33.5 Å². The van der Waals surface area contributed by atoms with Crippen LogP contribution in [-0.4, -0.2) is 16.1 Å². The first-order chi connectivity index (χ1) is 17.1. The van der Waals surface area contributed by atoms with Crippen molar-refractivity contribution in [2.45, 2.75) is 63.8 Å². The second kappa shape index (κ2) is 8.59. The van der Waals surface area contributed by atoms with Crippen LogP contribution in [0.1, 0.15) is 78.9 Å². The van der Waals surface area contributed by atoms with Crippen molar-refractivity contribution in [1.29, 1.82) is 5.26 Å². The molecule has 3 aliphatic carbocycles. The normalized spacial score (nSPS) is 23.9. The maximum absolute atomic E-state index is 14.7. The summed E-state index contributed by atoms with van der Waals surface area (Å²) >= 11 is 5.87. The third-order valence-corrected chi connectivity index (χ3v) is 8.29. The molecule has 186 valence electrons. The lowest BCUT2D eigenvalue weighted by molar-refractivity contribution is 0.0691. The molecule has 3 aliphatic rings. The second-order valence-electron chi connectivity index (χ2n) is 10.1. The summed E-state index contributed by atoms with van der Waals surface area (Å²) in [6, 6.07) is 7.31. The lowest BCUT2D eigenvalue weighted by atomic mass is 9.53. The summed E-state index contributed by atoms with van der Waals surface area (Å²) in [6.45, 7) is 3.45. The molecule has 0 unspecified atom stereocenters. The topological polar surface area (TPSA) is 116 Å².